The molecule has 0 aliphatic heterocycles. The van der Waals surface area contributed by atoms with Gasteiger partial charge < -0.3 is 10.2 Å². The first kappa shape index (κ1) is 38.1. The molecule has 2 nitrogen and oxygen atoms in total. The molecule has 6 unspecified atom stereocenters. The second kappa shape index (κ2) is 16.9. The number of hydrogen-bond donors (Lipinski definition) is 1. The van der Waals surface area contributed by atoms with Crippen LogP contribution >= 0.6 is 0 Å². The fourth-order valence-corrected chi connectivity index (χ4v) is 10.8. The van der Waals surface area contributed by atoms with Gasteiger partial charge in [0.25, 0.3) is 0 Å². The van der Waals surface area contributed by atoms with Crippen LogP contribution in [0, 0.1) is 11.8 Å². The molecule has 0 radical (unpaired) electrons. The third kappa shape index (κ3) is 7.34. The monoisotopic (exact) mass is 800 g/mol. The summed E-state index contributed by atoms with van der Waals surface area (Å²) >= 11 is 0. The van der Waals surface area contributed by atoms with Crippen LogP contribution in [0.4, 0.5) is 11.4 Å². The summed E-state index contributed by atoms with van der Waals surface area (Å²) in [6.45, 7) is 0. The van der Waals surface area contributed by atoms with Crippen molar-refractivity contribution < 1.29 is 0 Å². The van der Waals surface area contributed by atoms with Crippen LogP contribution < -0.4 is 20.7 Å². The third-order valence-corrected chi connectivity index (χ3v) is 13.9. The first-order valence-corrected chi connectivity index (χ1v) is 22.6. The van der Waals surface area contributed by atoms with E-state index >= 15 is 0 Å². The van der Waals surface area contributed by atoms with E-state index in [2.05, 4.69) is 235 Å². The highest BCUT2D eigenvalue weighted by molar-refractivity contribution is 5.82. The number of hydrogen-bond acceptors (Lipinski definition) is 2. The van der Waals surface area contributed by atoms with Crippen molar-refractivity contribution in [2.75, 3.05) is 10.2 Å². The van der Waals surface area contributed by atoms with Gasteiger partial charge in [-0.1, -0.05) is 194 Å². The number of fused-ring (bicyclic) bond motifs is 4. The average molecular weight is 801 g/mol. The van der Waals surface area contributed by atoms with E-state index in [1.807, 2.05) is 0 Å². The fraction of sp³-hybridized carbons (Fsp3) is 0.167. The van der Waals surface area contributed by atoms with Gasteiger partial charge in [0.1, 0.15) is 0 Å². The molecule has 0 spiro atoms. The Morgan fingerprint density at radius 1 is 0.565 bits per heavy atom. The number of nitrogens with zero attached hydrogens (tertiary/aromatic N) is 1. The maximum atomic E-state index is 3.98. The molecular weight excluding hydrogens is 749 g/mol. The number of rotatable bonds is 9. The topological polar surface area (TPSA) is 15.3 Å². The summed E-state index contributed by atoms with van der Waals surface area (Å²) in [5.41, 5.74) is 14.7. The second-order valence-electron chi connectivity index (χ2n) is 17.5. The van der Waals surface area contributed by atoms with Gasteiger partial charge in [-0.15, -0.1) is 0 Å². The van der Waals surface area contributed by atoms with Crippen LogP contribution in [0.25, 0.3) is 28.9 Å². The van der Waals surface area contributed by atoms with Crippen molar-refractivity contribution in [1.29, 1.82) is 0 Å². The molecule has 5 aromatic carbocycles. The van der Waals surface area contributed by atoms with Crippen molar-refractivity contribution in [3.8, 4) is 0 Å². The van der Waals surface area contributed by atoms with Crippen LogP contribution in [0.5, 0.6) is 0 Å². The first-order chi connectivity index (χ1) is 30.7. The van der Waals surface area contributed by atoms with Crippen LogP contribution in [-0.4, -0.2) is 12.1 Å². The van der Waals surface area contributed by atoms with E-state index in [1.54, 1.807) is 0 Å². The Morgan fingerprint density at radius 3 is 2.19 bits per heavy atom. The van der Waals surface area contributed by atoms with Gasteiger partial charge in [0, 0.05) is 34.8 Å². The molecule has 2 heteroatoms. The highest BCUT2D eigenvalue weighted by Crippen LogP contribution is 2.46. The van der Waals surface area contributed by atoms with Crippen molar-refractivity contribution in [3.05, 3.63) is 256 Å². The Bertz CT molecular complexity index is 2890. The first-order valence-electron chi connectivity index (χ1n) is 22.6. The minimum atomic E-state index is 0.163. The molecule has 1 N–H and O–H groups in total. The molecule has 11 rings (SSSR count). The molecule has 62 heavy (non-hydrogen) atoms. The number of allylic oxidation sites excluding steroid dienone is 13. The predicted octanol–water partition coefficient (Wildman–Crippen LogP) is 12.9. The number of nitrogens with one attached hydrogen (secondary N) is 1. The van der Waals surface area contributed by atoms with Crippen molar-refractivity contribution in [2.45, 2.75) is 49.6 Å². The Balaban J connectivity index is 0.858. The highest BCUT2D eigenvalue weighted by atomic mass is 15.2. The normalized spacial score (nSPS) is 24.2. The molecule has 0 bridgehead atoms. The van der Waals surface area contributed by atoms with Crippen molar-refractivity contribution >= 4 is 40.2 Å². The zero-order valence-electron chi connectivity index (χ0n) is 35.1. The van der Waals surface area contributed by atoms with E-state index in [0.29, 0.717) is 17.8 Å². The Labute approximate surface area is 366 Å². The van der Waals surface area contributed by atoms with Gasteiger partial charge in [0.2, 0.25) is 0 Å². The van der Waals surface area contributed by atoms with Gasteiger partial charge in [-0.25, -0.2) is 0 Å². The predicted molar refractivity (Wildman–Crippen MR) is 263 cm³/mol. The molecule has 5 aromatic rings. The lowest BCUT2D eigenvalue weighted by molar-refractivity contribution is 0.437. The summed E-state index contributed by atoms with van der Waals surface area (Å²) in [5, 5.41) is 6.68. The van der Waals surface area contributed by atoms with Crippen molar-refractivity contribution in [2.24, 2.45) is 11.8 Å². The third-order valence-electron chi connectivity index (χ3n) is 13.9. The van der Waals surface area contributed by atoms with Crippen LogP contribution in [-0.2, 0) is 0 Å². The van der Waals surface area contributed by atoms with Crippen molar-refractivity contribution in [3.63, 3.8) is 0 Å². The Kier molecular flexibility index (Phi) is 10.4. The SMILES string of the molecule is C1=CCC(c2ccc(N(C3=CC=C(c4ccc(NC5C=CC=CC5C5C=c6ccccc6=C6C=Cc7ccccc7C65)cc4)CC3)C3CC=CC=C3c3ccccc3)cc2)C=C1. The summed E-state index contributed by atoms with van der Waals surface area (Å²) in [6, 6.07) is 47.8. The average Bonchev–Trinajstić information content (AvgIpc) is 3.35. The van der Waals surface area contributed by atoms with Crippen LogP contribution in [0.3, 0.4) is 0 Å². The summed E-state index contributed by atoms with van der Waals surface area (Å²) in [6.07, 6.45) is 41.0. The van der Waals surface area contributed by atoms with E-state index in [-0.39, 0.29) is 18.0 Å². The van der Waals surface area contributed by atoms with E-state index in [1.165, 1.54) is 66.4 Å². The molecule has 0 aromatic heterocycles. The summed E-state index contributed by atoms with van der Waals surface area (Å²) in [7, 11) is 0. The lowest BCUT2D eigenvalue weighted by atomic mass is 9.66. The van der Waals surface area contributed by atoms with E-state index in [0.717, 1.165) is 31.4 Å². The minimum absolute atomic E-state index is 0.163. The molecule has 6 aliphatic rings. The minimum Gasteiger partial charge on any atom is -0.378 e. The highest BCUT2D eigenvalue weighted by Gasteiger charge is 2.38. The standard InChI is InChI=1S/C60H52N2/c1-3-15-42(16-4-1)44-29-36-50(37-30-44)62(59-26-14-12-22-53(59)46-17-5-2-6-18-46)51-38-31-45(32-39-51)43-27-34-49(35-28-43)61-58-25-13-11-24-55(58)57-41-48-20-8-9-21-52(48)56-40-33-47-19-7-10-23-54(47)60(56)57/h1-15,17-25,27-31,33-38,40-42,55,57-61H,16,26,32,39H2. The van der Waals surface area contributed by atoms with Gasteiger partial charge in [0.15, 0.2) is 0 Å². The van der Waals surface area contributed by atoms with E-state index in [4.69, 9.17) is 0 Å². The zero-order valence-corrected chi connectivity index (χ0v) is 35.1. The van der Waals surface area contributed by atoms with Gasteiger partial charge in [-0.3, -0.25) is 0 Å². The summed E-state index contributed by atoms with van der Waals surface area (Å²) in [4.78, 5) is 2.62. The molecule has 0 saturated carbocycles. The lowest BCUT2D eigenvalue weighted by Gasteiger charge is -2.40. The van der Waals surface area contributed by atoms with Gasteiger partial charge in [-0.05, 0) is 117 Å². The van der Waals surface area contributed by atoms with E-state index < -0.39 is 0 Å². The van der Waals surface area contributed by atoms with Gasteiger partial charge in [-0.2, -0.15) is 0 Å². The van der Waals surface area contributed by atoms with Crippen LogP contribution in [0.1, 0.15) is 65.3 Å². The second-order valence-corrected chi connectivity index (χ2v) is 17.5. The van der Waals surface area contributed by atoms with Crippen molar-refractivity contribution in [1.82, 2.24) is 0 Å². The molecule has 0 fully saturated rings. The fourth-order valence-electron chi connectivity index (χ4n) is 10.8. The molecule has 0 heterocycles. The lowest BCUT2D eigenvalue weighted by Crippen LogP contribution is -2.42. The zero-order chi connectivity index (χ0) is 41.2. The maximum absolute atomic E-state index is 3.98. The molecule has 0 saturated heterocycles. The summed E-state index contributed by atoms with van der Waals surface area (Å²) in [5.74, 6) is 1.34. The molecular formula is C60H52N2. The Hall–Kier alpha value is -6.90. The Morgan fingerprint density at radius 2 is 1.35 bits per heavy atom. The number of anilines is 2. The molecule has 0 amide bonds. The summed E-state index contributed by atoms with van der Waals surface area (Å²) < 4.78 is 0. The van der Waals surface area contributed by atoms with E-state index in [9.17, 15) is 0 Å². The maximum Gasteiger partial charge on any atom is 0.0628 e. The molecule has 302 valence electrons. The van der Waals surface area contributed by atoms with Crippen LogP contribution in [0.2, 0.25) is 0 Å². The molecule has 6 atom stereocenters. The molecule has 6 aliphatic carbocycles. The van der Waals surface area contributed by atoms with Gasteiger partial charge >= 0.3 is 0 Å². The number of benzene rings is 5. The van der Waals surface area contributed by atoms with Gasteiger partial charge in [0.05, 0.1) is 12.1 Å². The van der Waals surface area contributed by atoms with Crippen LogP contribution in [0.15, 0.2) is 218 Å². The quantitative estimate of drug-likeness (QED) is 0.160. The smallest absolute Gasteiger partial charge is 0.0628 e. The largest absolute Gasteiger partial charge is 0.378 e.